The van der Waals surface area contributed by atoms with Gasteiger partial charge in [0, 0.05) is 13.6 Å². The van der Waals surface area contributed by atoms with Gasteiger partial charge in [0.15, 0.2) is 0 Å². The number of carbonyl (C=O) groups is 1. The van der Waals surface area contributed by atoms with Crippen LogP contribution in [0.2, 0.25) is 0 Å². The van der Waals surface area contributed by atoms with Crippen molar-refractivity contribution in [1.29, 1.82) is 0 Å². The summed E-state index contributed by atoms with van der Waals surface area (Å²) in [5, 5.41) is 6.26. The smallest absolute Gasteiger partial charge is 0.242 e. The molecule has 0 aliphatic rings. The second kappa shape index (κ2) is 6.80. The summed E-state index contributed by atoms with van der Waals surface area (Å²) in [5.41, 5.74) is -0.455. The molecule has 0 aromatic carbocycles. The van der Waals surface area contributed by atoms with Gasteiger partial charge in [-0.3, -0.25) is 4.79 Å². The summed E-state index contributed by atoms with van der Waals surface area (Å²) in [6.45, 7) is 8.41. The van der Waals surface area contributed by atoms with Crippen LogP contribution in [0.3, 0.4) is 0 Å². The van der Waals surface area contributed by atoms with Crippen LogP contribution in [-0.4, -0.2) is 50.1 Å². The fraction of sp³-hybridized carbons (Fsp3) is 0.909. The van der Waals surface area contributed by atoms with Gasteiger partial charge in [-0.15, -0.1) is 0 Å². The third kappa shape index (κ3) is 5.14. The van der Waals surface area contributed by atoms with Crippen molar-refractivity contribution in [2.45, 2.75) is 32.7 Å². The Hall–Kier alpha value is -0.610. The number of likely N-dealkylation sites (N-methyl/N-ethyl adjacent to an activating group) is 2. The SMILES string of the molecule is CCNC(C)(C)C(=O)N(C)CCCNC. The van der Waals surface area contributed by atoms with Crippen LogP contribution in [0.4, 0.5) is 0 Å². The van der Waals surface area contributed by atoms with Gasteiger partial charge in [0.05, 0.1) is 5.54 Å². The van der Waals surface area contributed by atoms with E-state index in [-0.39, 0.29) is 5.91 Å². The summed E-state index contributed by atoms with van der Waals surface area (Å²) >= 11 is 0. The minimum atomic E-state index is -0.455. The van der Waals surface area contributed by atoms with E-state index in [1.165, 1.54) is 0 Å². The van der Waals surface area contributed by atoms with E-state index >= 15 is 0 Å². The zero-order valence-electron chi connectivity index (χ0n) is 10.7. The van der Waals surface area contributed by atoms with Crippen LogP contribution in [0.25, 0.3) is 0 Å². The Labute approximate surface area is 93.4 Å². The lowest BCUT2D eigenvalue weighted by Crippen LogP contribution is -2.53. The van der Waals surface area contributed by atoms with E-state index < -0.39 is 5.54 Å². The van der Waals surface area contributed by atoms with E-state index in [1.807, 2.05) is 34.9 Å². The topological polar surface area (TPSA) is 44.4 Å². The van der Waals surface area contributed by atoms with E-state index in [1.54, 1.807) is 4.90 Å². The molecule has 0 spiro atoms. The predicted molar refractivity (Wildman–Crippen MR) is 63.9 cm³/mol. The summed E-state index contributed by atoms with van der Waals surface area (Å²) in [7, 11) is 3.78. The van der Waals surface area contributed by atoms with Gasteiger partial charge in [0.2, 0.25) is 5.91 Å². The highest BCUT2D eigenvalue weighted by Gasteiger charge is 2.28. The lowest BCUT2D eigenvalue weighted by Gasteiger charge is -2.30. The largest absolute Gasteiger partial charge is 0.344 e. The Morgan fingerprint density at radius 3 is 2.47 bits per heavy atom. The molecule has 4 heteroatoms. The molecule has 0 fully saturated rings. The Kier molecular flexibility index (Phi) is 6.52. The Morgan fingerprint density at radius 1 is 1.40 bits per heavy atom. The van der Waals surface area contributed by atoms with Crippen molar-refractivity contribution in [3.8, 4) is 0 Å². The molecule has 90 valence electrons. The minimum absolute atomic E-state index is 0.153. The summed E-state index contributed by atoms with van der Waals surface area (Å²) in [5.74, 6) is 0.153. The maximum atomic E-state index is 12.0. The van der Waals surface area contributed by atoms with Gasteiger partial charge < -0.3 is 15.5 Å². The van der Waals surface area contributed by atoms with Gasteiger partial charge in [0.25, 0.3) is 0 Å². The molecule has 0 atom stereocenters. The summed E-state index contributed by atoms with van der Waals surface area (Å²) in [4.78, 5) is 13.8. The molecule has 0 aromatic heterocycles. The van der Waals surface area contributed by atoms with Crippen molar-refractivity contribution in [2.24, 2.45) is 0 Å². The highest BCUT2D eigenvalue weighted by Crippen LogP contribution is 2.06. The summed E-state index contributed by atoms with van der Waals surface area (Å²) in [6.07, 6.45) is 0.987. The average molecular weight is 215 g/mol. The van der Waals surface area contributed by atoms with Crippen LogP contribution >= 0.6 is 0 Å². The van der Waals surface area contributed by atoms with Gasteiger partial charge in [-0.1, -0.05) is 6.92 Å². The number of carbonyl (C=O) groups excluding carboxylic acids is 1. The molecule has 0 aliphatic heterocycles. The summed E-state index contributed by atoms with van der Waals surface area (Å²) in [6, 6.07) is 0. The van der Waals surface area contributed by atoms with Gasteiger partial charge in [0.1, 0.15) is 0 Å². The van der Waals surface area contributed by atoms with E-state index in [0.29, 0.717) is 0 Å². The standard InChI is InChI=1S/C11H25N3O/c1-6-13-11(2,3)10(15)14(5)9-7-8-12-4/h12-13H,6-9H2,1-5H3. The monoisotopic (exact) mass is 215 g/mol. The van der Waals surface area contributed by atoms with Crippen LogP contribution in [0.1, 0.15) is 27.2 Å². The molecule has 0 aliphatic carbocycles. The van der Waals surface area contributed by atoms with Crippen molar-refractivity contribution < 1.29 is 4.79 Å². The van der Waals surface area contributed by atoms with Crippen LogP contribution in [0, 0.1) is 0 Å². The molecule has 4 nitrogen and oxygen atoms in total. The number of rotatable bonds is 7. The second-order valence-electron chi connectivity index (χ2n) is 4.34. The fourth-order valence-corrected chi connectivity index (χ4v) is 1.59. The van der Waals surface area contributed by atoms with E-state index in [9.17, 15) is 4.79 Å². The Balaban J connectivity index is 4.06. The predicted octanol–water partition coefficient (Wildman–Crippen LogP) is 0.442. The summed E-state index contributed by atoms with van der Waals surface area (Å²) < 4.78 is 0. The van der Waals surface area contributed by atoms with Crippen LogP contribution in [0.5, 0.6) is 0 Å². The number of nitrogens with one attached hydrogen (secondary N) is 2. The highest BCUT2D eigenvalue weighted by atomic mass is 16.2. The zero-order chi connectivity index (χ0) is 11.9. The Morgan fingerprint density at radius 2 is 2.00 bits per heavy atom. The number of hydrogen-bond acceptors (Lipinski definition) is 3. The number of amides is 1. The molecular formula is C11H25N3O. The molecule has 1 amide bonds. The third-order valence-electron chi connectivity index (χ3n) is 2.42. The first-order valence-corrected chi connectivity index (χ1v) is 5.61. The van der Waals surface area contributed by atoms with Gasteiger partial charge in [-0.25, -0.2) is 0 Å². The number of hydrogen-bond donors (Lipinski definition) is 2. The average Bonchev–Trinajstić information content (AvgIpc) is 2.16. The molecule has 0 saturated carbocycles. The van der Waals surface area contributed by atoms with Crippen molar-refractivity contribution in [3.63, 3.8) is 0 Å². The van der Waals surface area contributed by atoms with Crippen molar-refractivity contribution in [2.75, 3.05) is 33.7 Å². The second-order valence-corrected chi connectivity index (χ2v) is 4.34. The van der Waals surface area contributed by atoms with Crippen LogP contribution < -0.4 is 10.6 Å². The van der Waals surface area contributed by atoms with Gasteiger partial charge in [-0.05, 0) is 40.4 Å². The molecular weight excluding hydrogens is 190 g/mol. The van der Waals surface area contributed by atoms with Crippen molar-refractivity contribution in [1.82, 2.24) is 15.5 Å². The Bertz CT molecular complexity index is 192. The van der Waals surface area contributed by atoms with Crippen molar-refractivity contribution >= 4 is 5.91 Å². The number of nitrogens with zero attached hydrogens (tertiary/aromatic N) is 1. The molecule has 0 radical (unpaired) electrons. The van der Waals surface area contributed by atoms with E-state index in [4.69, 9.17) is 0 Å². The molecule has 0 bridgehead atoms. The molecule has 15 heavy (non-hydrogen) atoms. The highest BCUT2D eigenvalue weighted by molar-refractivity contribution is 5.85. The van der Waals surface area contributed by atoms with Gasteiger partial charge in [-0.2, -0.15) is 0 Å². The van der Waals surface area contributed by atoms with Crippen molar-refractivity contribution in [3.05, 3.63) is 0 Å². The fourth-order valence-electron chi connectivity index (χ4n) is 1.59. The minimum Gasteiger partial charge on any atom is -0.344 e. The lowest BCUT2D eigenvalue weighted by atomic mass is 10.0. The molecule has 0 aromatic rings. The first-order valence-electron chi connectivity index (χ1n) is 5.61. The molecule has 2 N–H and O–H groups in total. The van der Waals surface area contributed by atoms with Crippen LogP contribution in [-0.2, 0) is 4.79 Å². The quantitative estimate of drug-likeness (QED) is 0.606. The molecule has 0 unspecified atom stereocenters. The van der Waals surface area contributed by atoms with E-state index in [2.05, 4.69) is 10.6 Å². The van der Waals surface area contributed by atoms with Gasteiger partial charge >= 0.3 is 0 Å². The first-order chi connectivity index (χ1) is 6.95. The zero-order valence-corrected chi connectivity index (χ0v) is 10.7. The maximum absolute atomic E-state index is 12.0. The van der Waals surface area contributed by atoms with E-state index in [0.717, 1.165) is 26.1 Å². The first kappa shape index (κ1) is 14.4. The van der Waals surface area contributed by atoms with Crippen LogP contribution in [0.15, 0.2) is 0 Å². The maximum Gasteiger partial charge on any atom is 0.242 e. The normalized spacial score (nSPS) is 11.5. The molecule has 0 saturated heterocycles. The molecule has 0 heterocycles. The lowest BCUT2D eigenvalue weighted by molar-refractivity contribution is -0.135. The molecule has 0 rings (SSSR count). The third-order valence-corrected chi connectivity index (χ3v) is 2.42.